The number of nitrogen functional groups attached to an aromatic ring is 1. The van der Waals surface area contributed by atoms with Crippen LogP contribution in [-0.4, -0.2) is 51.5 Å². The van der Waals surface area contributed by atoms with Gasteiger partial charge in [0.15, 0.2) is 0 Å². The lowest BCUT2D eigenvalue weighted by Gasteiger charge is -2.23. The van der Waals surface area contributed by atoms with E-state index in [9.17, 15) is 13.5 Å². The van der Waals surface area contributed by atoms with Gasteiger partial charge in [-0.25, -0.2) is 9.97 Å². The summed E-state index contributed by atoms with van der Waals surface area (Å²) in [6.07, 6.45) is 1.36. The van der Waals surface area contributed by atoms with Crippen molar-refractivity contribution in [2.75, 3.05) is 12.8 Å². The highest BCUT2D eigenvalue weighted by Gasteiger charge is 2.40. The summed E-state index contributed by atoms with van der Waals surface area (Å²) in [5.41, 5.74) is 7.49. The van der Waals surface area contributed by atoms with E-state index < -0.39 is 22.4 Å². The fourth-order valence-electron chi connectivity index (χ4n) is 2.99. The monoisotopic (exact) mass is 344 g/mol. The number of rotatable bonds is 3. The molecular weight excluding hydrogens is 328 g/mol. The fraction of sp³-hybridized carbons (Fsp3) is 0.500. The van der Waals surface area contributed by atoms with Crippen molar-refractivity contribution in [1.82, 2.24) is 14.3 Å². The third kappa shape index (κ3) is 2.57. The molecule has 0 aliphatic heterocycles. The molecule has 1 aliphatic rings. The van der Waals surface area contributed by atoms with Crippen molar-refractivity contribution >= 4 is 37.7 Å². The second kappa shape index (κ2) is 5.39. The number of fused-ring (bicyclic) bond motifs is 1. The van der Waals surface area contributed by atoms with E-state index >= 15 is 0 Å². The first kappa shape index (κ1) is 15.6. The lowest BCUT2D eigenvalue weighted by atomic mass is 9.99. The van der Waals surface area contributed by atoms with Crippen LogP contribution < -0.4 is 5.73 Å². The minimum atomic E-state index is -4.33. The lowest BCUT2D eigenvalue weighted by molar-refractivity contribution is 0.118. The third-order valence-electron chi connectivity index (χ3n) is 4.18. The Hall–Kier alpha value is -1.33. The molecule has 2 aromatic heterocycles. The molecule has 8 nitrogen and oxygen atoms in total. The molecule has 1 saturated carbocycles. The zero-order chi connectivity index (χ0) is 16.1. The number of nitrogens with zero attached hydrogens (tertiary/aromatic N) is 3. The number of hydrogen-bond acceptors (Lipinski definition) is 7. The summed E-state index contributed by atoms with van der Waals surface area (Å²) in [7, 11) is -3.07. The van der Waals surface area contributed by atoms with Gasteiger partial charge in [0, 0.05) is 7.05 Å². The summed E-state index contributed by atoms with van der Waals surface area (Å²) in [6, 6.07) is -0.658. The molecule has 2 aromatic rings. The zero-order valence-electron chi connectivity index (χ0n) is 11.7. The van der Waals surface area contributed by atoms with E-state index in [1.54, 1.807) is 0 Å². The second-order valence-electron chi connectivity index (χ2n) is 5.42. The van der Waals surface area contributed by atoms with E-state index in [4.69, 9.17) is 10.3 Å². The van der Waals surface area contributed by atoms with Crippen molar-refractivity contribution in [2.45, 2.75) is 30.9 Å². The highest BCUT2D eigenvalue weighted by molar-refractivity contribution is 7.83. The summed E-state index contributed by atoms with van der Waals surface area (Å²) >= 11 is 1.43. The minimum Gasteiger partial charge on any atom is -0.391 e. The largest absolute Gasteiger partial charge is 0.391 e. The Labute approximate surface area is 131 Å². The third-order valence-corrected chi connectivity index (χ3v) is 6.18. The Bertz CT molecular complexity index is 807. The van der Waals surface area contributed by atoms with Gasteiger partial charge in [-0.15, -0.1) is 11.3 Å². The minimum absolute atomic E-state index is 0.0488. The van der Waals surface area contributed by atoms with Gasteiger partial charge in [-0.3, -0.25) is 4.55 Å². The Morgan fingerprint density at radius 3 is 2.82 bits per heavy atom. The van der Waals surface area contributed by atoms with Crippen molar-refractivity contribution in [3.05, 3.63) is 17.3 Å². The maximum atomic E-state index is 11.2. The Kier molecular flexibility index (Phi) is 3.81. The van der Waals surface area contributed by atoms with Crippen LogP contribution in [0.15, 0.2) is 11.7 Å². The molecule has 1 aliphatic carbocycles. The zero-order valence-corrected chi connectivity index (χ0v) is 13.4. The van der Waals surface area contributed by atoms with Gasteiger partial charge in [0.2, 0.25) is 0 Å². The summed E-state index contributed by atoms with van der Waals surface area (Å²) in [5.74, 6) is 0.360. The van der Waals surface area contributed by atoms with Crippen LogP contribution in [0, 0.1) is 0 Å². The van der Waals surface area contributed by atoms with Gasteiger partial charge in [-0.1, -0.05) is 0 Å². The van der Waals surface area contributed by atoms with Crippen LogP contribution in [0.4, 0.5) is 5.82 Å². The highest BCUT2D eigenvalue weighted by Crippen LogP contribution is 2.42. The molecule has 3 unspecified atom stereocenters. The highest BCUT2D eigenvalue weighted by atomic mass is 32.2. The molecule has 3 atom stereocenters. The molecule has 0 spiro atoms. The summed E-state index contributed by atoms with van der Waals surface area (Å²) in [5, 5.41) is 12.1. The maximum Gasteiger partial charge on any atom is 0.335 e. The summed E-state index contributed by atoms with van der Waals surface area (Å²) < 4.78 is 33.2. The van der Waals surface area contributed by atoms with Crippen LogP contribution in [0.3, 0.4) is 0 Å². The molecule has 0 aromatic carbocycles. The van der Waals surface area contributed by atoms with E-state index in [-0.39, 0.29) is 5.92 Å². The Morgan fingerprint density at radius 1 is 1.41 bits per heavy atom. The second-order valence-corrected chi connectivity index (χ2v) is 7.78. The molecule has 22 heavy (non-hydrogen) atoms. The van der Waals surface area contributed by atoms with Crippen molar-refractivity contribution in [1.29, 1.82) is 0 Å². The SMILES string of the molecule is CN(C1CC(c2csc3c(N)ncnc23)CC1O)S(=O)(=O)O. The van der Waals surface area contributed by atoms with Gasteiger partial charge in [0.05, 0.1) is 22.4 Å². The number of aromatic nitrogens is 2. The van der Waals surface area contributed by atoms with Gasteiger partial charge >= 0.3 is 10.3 Å². The van der Waals surface area contributed by atoms with E-state index in [1.807, 2.05) is 5.38 Å². The number of hydrogen-bond donors (Lipinski definition) is 3. The number of thiophene rings is 1. The van der Waals surface area contributed by atoms with E-state index in [0.717, 1.165) is 20.1 Å². The van der Waals surface area contributed by atoms with E-state index in [0.29, 0.717) is 18.7 Å². The Balaban J connectivity index is 1.92. The molecule has 3 rings (SSSR count). The first-order valence-electron chi connectivity index (χ1n) is 6.65. The van der Waals surface area contributed by atoms with Crippen LogP contribution in [0.5, 0.6) is 0 Å². The molecule has 120 valence electrons. The normalized spacial score (nSPS) is 26.1. The van der Waals surface area contributed by atoms with Crippen LogP contribution in [0.2, 0.25) is 0 Å². The molecule has 0 saturated heterocycles. The molecule has 0 radical (unpaired) electrons. The van der Waals surface area contributed by atoms with E-state index in [2.05, 4.69) is 9.97 Å². The van der Waals surface area contributed by atoms with Gasteiger partial charge in [0.1, 0.15) is 12.1 Å². The number of nitrogens with two attached hydrogens (primary N) is 1. The lowest BCUT2D eigenvalue weighted by Crippen LogP contribution is -2.41. The molecule has 2 heterocycles. The topological polar surface area (TPSA) is 130 Å². The molecular formula is C12H16N4O4S2. The number of aliphatic hydroxyl groups excluding tert-OH is 1. The average Bonchev–Trinajstić information content (AvgIpc) is 3.01. The van der Waals surface area contributed by atoms with Crippen molar-refractivity contribution in [2.24, 2.45) is 0 Å². The van der Waals surface area contributed by atoms with Crippen LogP contribution >= 0.6 is 11.3 Å². The van der Waals surface area contributed by atoms with Crippen LogP contribution in [-0.2, 0) is 10.3 Å². The maximum absolute atomic E-state index is 11.2. The van der Waals surface area contributed by atoms with Crippen molar-refractivity contribution in [3.63, 3.8) is 0 Å². The molecule has 0 amide bonds. The van der Waals surface area contributed by atoms with Gasteiger partial charge in [-0.2, -0.15) is 12.7 Å². The molecule has 1 fully saturated rings. The molecule has 0 bridgehead atoms. The smallest absolute Gasteiger partial charge is 0.335 e. The Morgan fingerprint density at radius 2 is 2.14 bits per heavy atom. The summed E-state index contributed by atoms with van der Waals surface area (Å²) in [4.78, 5) is 8.19. The fourth-order valence-corrected chi connectivity index (χ4v) is 4.56. The average molecular weight is 344 g/mol. The van der Waals surface area contributed by atoms with Crippen molar-refractivity contribution in [3.8, 4) is 0 Å². The van der Waals surface area contributed by atoms with Crippen molar-refractivity contribution < 1.29 is 18.1 Å². The first-order valence-corrected chi connectivity index (χ1v) is 8.92. The van der Waals surface area contributed by atoms with E-state index in [1.165, 1.54) is 24.7 Å². The molecule has 10 heteroatoms. The predicted octanol–water partition coefficient (Wildman–Crippen LogP) is 0.615. The first-order chi connectivity index (χ1) is 10.3. The summed E-state index contributed by atoms with van der Waals surface area (Å²) in [6.45, 7) is 0. The van der Waals surface area contributed by atoms with Crippen LogP contribution in [0.1, 0.15) is 24.3 Å². The predicted molar refractivity (Wildman–Crippen MR) is 82.9 cm³/mol. The van der Waals surface area contributed by atoms with Gasteiger partial charge < -0.3 is 10.8 Å². The number of anilines is 1. The van der Waals surface area contributed by atoms with Gasteiger partial charge in [-0.05, 0) is 29.7 Å². The number of likely N-dealkylation sites (N-methyl/N-ethyl adjacent to an activating group) is 1. The molecule has 4 N–H and O–H groups in total. The quantitative estimate of drug-likeness (QED) is 0.696. The number of aliphatic hydroxyl groups is 1. The van der Waals surface area contributed by atoms with Gasteiger partial charge in [0.25, 0.3) is 0 Å². The standard InChI is InChI=1S/C12H16N4O4S2/c1-16(22(18,19)20)8-2-6(3-9(8)17)7-4-21-11-10(7)14-5-15-12(11)13/h4-6,8-9,17H,2-3H2,1H3,(H2,13,14,15)(H,18,19,20). The van der Waals surface area contributed by atoms with Crippen LogP contribution in [0.25, 0.3) is 10.2 Å².